The maximum Gasteiger partial charge on any atom is 0.335 e. The van der Waals surface area contributed by atoms with Crippen LogP contribution in [-0.4, -0.2) is 30.4 Å². The summed E-state index contributed by atoms with van der Waals surface area (Å²) in [5, 5.41) is 10.9. The predicted molar refractivity (Wildman–Crippen MR) is 200 cm³/mol. The number of hydrogen-bond acceptors (Lipinski definition) is 4. The third-order valence-electron chi connectivity index (χ3n) is 15.9. The SMILES string of the molecule is CC1(C)CC[C@]2(C(=O)NS(=O)(=O)c3ccccc3)CC[C@]3(C)C(=CC[C@@H]4[C@@]5(C)Cc6c([nH]c7ccc(C(=O)O)cc67)C(C)(C)[C@@H]5CC[C@]43C)[C@@H]2C1. The highest BCUT2D eigenvalue weighted by atomic mass is 32.2. The number of aromatic carboxylic acids is 1. The largest absolute Gasteiger partial charge is 0.478 e. The zero-order chi connectivity index (χ0) is 36.6. The fourth-order valence-corrected chi connectivity index (χ4v) is 14.1. The highest BCUT2D eigenvalue weighted by Crippen LogP contribution is 2.75. The summed E-state index contributed by atoms with van der Waals surface area (Å²) in [6.45, 7) is 16.9. The molecule has 0 saturated heterocycles. The first-order valence-electron chi connectivity index (χ1n) is 19.0. The van der Waals surface area contributed by atoms with E-state index < -0.39 is 21.4 Å². The molecule has 3 N–H and O–H groups in total. The van der Waals surface area contributed by atoms with Gasteiger partial charge in [0.05, 0.1) is 15.9 Å². The summed E-state index contributed by atoms with van der Waals surface area (Å²) in [5.74, 6) is -0.411. The van der Waals surface area contributed by atoms with E-state index in [0.717, 1.165) is 55.8 Å². The van der Waals surface area contributed by atoms with Gasteiger partial charge in [0.25, 0.3) is 10.0 Å². The Morgan fingerprint density at radius 1 is 0.882 bits per heavy atom. The second-order valence-electron chi connectivity index (χ2n) is 19.1. The summed E-state index contributed by atoms with van der Waals surface area (Å²) in [7, 11) is -4.00. The zero-order valence-electron chi connectivity index (χ0n) is 31.3. The Labute approximate surface area is 303 Å². The molecule has 0 aliphatic heterocycles. The van der Waals surface area contributed by atoms with Gasteiger partial charge in [-0.3, -0.25) is 4.79 Å². The van der Waals surface area contributed by atoms with Crippen molar-refractivity contribution >= 4 is 32.8 Å². The number of H-pyrrole nitrogens is 1. The van der Waals surface area contributed by atoms with Crippen LogP contribution in [0.25, 0.3) is 10.9 Å². The molecule has 272 valence electrons. The molecule has 5 aliphatic carbocycles. The van der Waals surface area contributed by atoms with Crippen LogP contribution in [0.5, 0.6) is 0 Å². The highest BCUT2D eigenvalue weighted by Gasteiger charge is 2.69. The van der Waals surface area contributed by atoms with Gasteiger partial charge >= 0.3 is 5.97 Å². The Morgan fingerprint density at radius 3 is 2.29 bits per heavy atom. The Balaban J connectivity index is 1.20. The number of fused-ring (bicyclic) bond motifs is 10. The van der Waals surface area contributed by atoms with Crippen LogP contribution in [0.4, 0.5) is 0 Å². The van der Waals surface area contributed by atoms with Crippen molar-refractivity contribution in [2.45, 2.75) is 117 Å². The maximum atomic E-state index is 14.5. The van der Waals surface area contributed by atoms with E-state index in [1.165, 1.54) is 16.8 Å². The summed E-state index contributed by atoms with van der Waals surface area (Å²) in [6, 6.07) is 13.7. The van der Waals surface area contributed by atoms with Gasteiger partial charge in [0.2, 0.25) is 5.91 Å². The molecule has 0 unspecified atom stereocenters. The number of amides is 1. The van der Waals surface area contributed by atoms with Crippen LogP contribution in [0.3, 0.4) is 0 Å². The molecule has 0 bridgehead atoms. The molecule has 5 aliphatic rings. The van der Waals surface area contributed by atoms with E-state index in [0.29, 0.717) is 30.2 Å². The molecule has 1 aromatic heterocycles. The van der Waals surface area contributed by atoms with E-state index >= 15 is 0 Å². The fraction of sp³-hybridized carbons (Fsp3) is 0.581. The highest BCUT2D eigenvalue weighted by molar-refractivity contribution is 7.90. The average Bonchev–Trinajstić information content (AvgIpc) is 3.43. The maximum absolute atomic E-state index is 14.5. The van der Waals surface area contributed by atoms with E-state index in [4.69, 9.17) is 0 Å². The number of aromatic nitrogens is 1. The average molecular weight is 711 g/mol. The lowest BCUT2D eigenvalue weighted by molar-refractivity contribution is -0.166. The number of carbonyl (C=O) groups excluding carboxylic acids is 1. The third-order valence-corrected chi connectivity index (χ3v) is 17.2. The fourth-order valence-electron chi connectivity index (χ4n) is 13.0. The third kappa shape index (κ3) is 4.69. The first-order chi connectivity index (χ1) is 23.8. The lowest BCUT2D eigenvalue weighted by atomic mass is 9.33. The number of allylic oxidation sites excluding steroid dienone is 2. The summed E-state index contributed by atoms with van der Waals surface area (Å²) in [5.41, 5.74) is 4.24. The van der Waals surface area contributed by atoms with E-state index in [1.807, 2.05) is 12.1 Å². The van der Waals surface area contributed by atoms with Crippen molar-refractivity contribution in [3.8, 4) is 0 Å². The van der Waals surface area contributed by atoms with E-state index in [2.05, 4.69) is 64.2 Å². The number of carboxylic acid groups (broad SMARTS) is 1. The molecular formula is C43H54N2O5S. The molecular weight excluding hydrogens is 657 g/mol. The summed E-state index contributed by atoms with van der Waals surface area (Å²) in [4.78, 5) is 30.4. The van der Waals surface area contributed by atoms with Gasteiger partial charge in [-0.05, 0) is 133 Å². The van der Waals surface area contributed by atoms with Gasteiger partial charge in [0.15, 0.2) is 0 Å². The minimum atomic E-state index is -4.00. The number of rotatable bonds is 4. The van der Waals surface area contributed by atoms with Crippen LogP contribution in [-0.2, 0) is 26.7 Å². The molecule has 8 rings (SSSR count). The quantitative estimate of drug-likeness (QED) is 0.234. The van der Waals surface area contributed by atoms with Crippen molar-refractivity contribution in [2.24, 2.45) is 44.8 Å². The van der Waals surface area contributed by atoms with Crippen LogP contribution in [0.2, 0.25) is 0 Å². The second kappa shape index (κ2) is 10.8. The van der Waals surface area contributed by atoms with Gasteiger partial charge < -0.3 is 10.1 Å². The lowest BCUT2D eigenvalue weighted by Gasteiger charge is -2.70. The molecule has 7 atom stereocenters. The molecule has 51 heavy (non-hydrogen) atoms. The van der Waals surface area contributed by atoms with Crippen molar-refractivity contribution in [3.63, 3.8) is 0 Å². The standard InChI is InChI=1S/C43H54N2O5S/c1-38(2)19-21-43(37(48)45-51(49,50)27-11-9-8-10-12-27)22-20-41(6)30(31(43)25-38)14-16-34-40(5)24-29-28-23-26(36(46)47)13-15-32(28)44-35(29)39(3,4)33(40)17-18-42(34,41)7/h8-15,23,31,33-34,44H,16-22,24-25H2,1-7H3,(H,45,48)(H,46,47)/t31-,33-,34+,40-,41+,42+,43-/m0/s1. The molecule has 1 amide bonds. The molecule has 1 heterocycles. The number of hydrogen-bond donors (Lipinski definition) is 3. The van der Waals surface area contributed by atoms with Crippen molar-refractivity contribution in [1.82, 2.24) is 9.71 Å². The smallest absolute Gasteiger partial charge is 0.335 e. The van der Waals surface area contributed by atoms with Gasteiger partial charge in [-0.15, -0.1) is 0 Å². The van der Waals surface area contributed by atoms with Crippen molar-refractivity contribution in [2.75, 3.05) is 0 Å². The monoisotopic (exact) mass is 710 g/mol. The molecule has 8 heteroatoms. The molecule has 3 aromatic rings. The number of carboxylic acids is 1. The Bertz CT molecular complexity index is 2110. The number of carbonyl (C=O) groups is 2. The lowest BCUT2D eigenvalue weighted by Crippen LogP contribution is -2.65. The van der Waals surface area contributed by atoms with Crippen LogP contribution in [0, 0.1) is 44.8 Å². The second-order valence-corrected chi connectivity index (χ2v) is 20.7. The van der Waals surface area contributed by atoms with Crippen molar-refractivity contribution < 1.29 is 23.1 Å². The van der Waals surface area contributed by atoms with Crippen LogP contribution >= 0.6 is 0 Å². The summed E-state index contributed by atoms with van der Waals surface area (Å²) in [6.07, 6.45) is 10.5. The topological polar surface area (TPSA) is 116 Å². The zero-order valence-corrected chi connectivity index (χ0v) is 32.1. The van der Waals surface area contributed by atoms with Gasteiger partial charge in [-0.25, -0.2) is 17.9 Å². The summed E-state index contributed by atoms with van der Waals surface area (Å²) < 4.78 is 29.6. The van der Waals surface area contributed by atoms with Crippen molar-refractivity contribution in [1.29, 1.82) is 0 Å². The van der Waals surface area contributed by atoms with Crippen LogP contribution < -0.4 is 4.72 Å². The van der Waals surface area contributed by atoms with Gasteiger partial charge in [0.1, 0.15) is 0 Å². The number of nitrogens with one attached hydrogen (secondary N) is 2. The molecule has 3 fully saturated rings. The number of benzene rings is 2. The Kier molecular flexibility index (Phi) is 7.37. The minimum absolute atomic E-state index is 0.0193. The van der Waals surface area contributed by atoms with E-state index in [9.17, 15) is 23.1 Å². The van der Waals surface area contributed by atoms with E-state index in [1.54, 1.807) is 36.4 Å². The molecule has 2 aromatic carbocycles. The first-order valence-corrected chi connectivity index (χ1v) is 20.5. The van der Waals surface area contributed by atoms with Gasteiger partial charge in [-0.2, -0.15) is 0 Å². The summed E-state index contributed by atoms with van der Waals surface area (Å²) >= 11 is 0. The predicted octanol–water partition coefficient (Wildman–Crippen LogP) is 9.19. The minimum Gasteiger partial charge on any atom is -0.478 e. The molecule has 0 radical (unpaired) electrons. The first kappa shape index (κ1) is 34.7. The number of sulfonamides is 1. The van der Waals surface area contributed by atoms with Gasteiger partial charge in [0, 0.05) is 22.0 Å². The van der Waals surface area contributed by atoms with Crippen LogP contribution in [0.1, 0.15) is 121 Å². The molecule has 3 saturated carbocycles. The molecule has 7 nitrogen and oxygen atoms in total. The van der Waals surface area contributed by atoms with Gasteiger partial charge in [-0.1, -0.05) is 78.3 Å². The van der Waals surface area contributed by atoms with Crippen LogP contribution in [0.15, 0.2) is 65.1 Å². The Morgan fingerprint density at radius 2 is 1.59 bits per heavy atom. The van der Waals surface area contributed by atoms with E-state index in [-0.39, 0.29) is 43.8 Å². The van der Waals surface area contributed by atoms with Crippen molar-refractivity contribution in [3.05, 3.63) is 77.0 Å². The molecule has 0 spiro atoms. The normalized spacial score (nSPS) is 36.4. The number of aromatic amines is 1. The Hall–Kier alpha value is -3.39.